The van der Waals surface area contributed by atoms with Crippen molar-refractivity contribution in [1.82, 2.24) is 0 Å². The molecule has 18 heavy (non-hydrogen) atoms. The van der Waals surface area contributed by atoms with E-state index in [1.165, 1.54) is 0 Å². The Hall–Kier alpha value is 0.149. The summed E-state index contributed by atoms with van der Waals surface area (Å²) < 4.78 is 34.1. The minimum atomic E-state index is -5.17. The Labute approximate surface area is 117 Å². The molecule has 0 aromatic heterocycles. The van der Waals surface area contributed by atoms with E-state index in [0.29, 0.717) is 0 Å². The smallest absolute Gasteiger partial charge is 0.759 e. The molecule has 0 aliphatic heterocycles. The van der Waals surface area contributed by atoms with Crippen LogP contribution < -0.4 is 0 Å². The first-order chi connectivity index (χ1) is 7.74. The van der Waals surface area contributed by atoms with E-state index in [2.05, 4.69) is 0 Å². The molecular formula is C6H18CuN3O7S-3. The van der Waals surface area contributed by atoms with E-state index in [0.717, 1.165) is 0 Å². The molecule has 0 saturated heterocycles. The van der Waals surface area contributed by atoms with Gasteiger partial charge in [0.25, 0.3) is 0 Å². The average molecular weight is 340 g/mol. The topological polar surface area (TPSA) is 212 Å². The van der Waals surface area contributed by atoms with Crippen LogP contribution in [0.15, 0.2) is 0 Å². The van der Waals surface area contributed by atoms with Gasteiger partial charge in [-0.15, -0.1) is 19.6 Å². The Balaban J connectivity index is -0.0000000412. The Morgan fingerprint density at radius 3 is 0.833 bits per heavy atom. The molecule has 0 amide bonds. The van der Waals surface area contributed by atoms with Gasteiger partial charge in [-0.25, -0.2) is 0 Å². The second kappa shape index (κ2) is 30.3. The molecule has 6 N–H and O–H groups in total. The molecule has 10 nitrogen and oxygen atoms in total. The second-order valence-electron chi connectivity index (χ2n) is 1.83. The van der Waals surface area contributed by atoms with Crippen LogP contribution in [0.5, 0.6) is 0 Å². The van der Waals surface area contributed by atoms with E-state index in [9.17, 15) is 0 Å². The van der Waals surface area contributed by atoms with Crippen LogP contribution in [0, 0.1) is 0 Å². The summed E-state index contributed by atoms with van der Waals surface area (Å²) in [7, 11) is -5.17. The summed E-state index contributed by atoms with van der Waals surface area (Å²) in [6, 6.07) is 0. The van der Waals surface area contributed by atoms with Gasteiger partial charge < -0.3 is 41.6 Å². The molecule has 0 spiro atoms. The van der Waals surface area contributed by atoms with Crippen molar-refractivity contribution in [2.45, 2.75) is 0 Å². The molecule has 1 radical (unpaired) electrons. The van der Waals surface area contributed by atoms with Gasteiger partial charge in [0.2, 0.25) is 0 Å². The van der Waals surface area contributed by atoms with E-state index < -0.39 is 10.4 Å². The van der Waals surface area contributed by atoms with Crippen molar-refractivity contribution in [3.05, 3.63) is 17.2 Å². The number of rotatable bonds is 3. The summed E-state index contributed by atoms with van der Waals surface area (Å²) in [5, 5.41) is 23.1. The van der Waals surface area contributed by atoms with Gasteiger partial charge in [-0.1, -0.05) is 0 Å². The first-order valence-electron chi connectivity index (χ1n) is 4.18. The molecular weight excluding hydrogens is 322 g/mol. The molecule has 0 bridgehead atoms. The van der Waals surface area contributed by atoms with Crippen molar-refractivity contribution < 1.29 is 49.9 Å². The number of nitrogens with one attached hydrogen (secondary N) is 3. The summed E-state index contributed by atoms with van der Waals surface area (Å²) in [4.78, 5) is 0. The Morgan fingerprint density at radius 1 is 0.778 bits per heavy atom. The van der Waals surface area contributed by atoms with Crippen molar-refractivity contribution in [2.75, 3.05) is 39.5 Å². The van der Waals surface area contributed by atoms with E-state index >= 15 is 0 Å². The fourth-order valence-corrected chi connectivity index (χ4v) is 0. The van der Waals surface area contributed by atoms with Crippen molar-refractivity contribution in [3.63, 3.8) is 0 Å². The molecule has 0 aromatic rings. The molecule has 119 valence electrons. The van der Waals surface area contributed by atoms with Crippen LogP contribution in [0.25, 0.3) is 17.2 Å². The minimum absolute atomic E-state index is 0. The Bertz CT molecular complexity index is 170. The third kappa shape index (κ3) is 374. The summed E-state index contributed by atoms with van der Waals surface area (Å²) in [6.07, 6.45) is 0. The predicted molar refractivity (Wildman–Crippen MR) is 59.3 cm³/mol. The number of aliphatic hydroxyl groups excluding tert-OH is 3. The Morgan fingerprint density at radius 2 is 0.833 bits per heavy atom. The van der Waals surface area contributed by atoms with Gasteiger partial charge in [0.1, 0.15) is 0 Å². The SMILES string of the molecule is O=S(=O)([O-])[O-].[Cu+2].[NH-]CCO.[NH-]CCO.[NH-]CCO. The molecule has 0 heterocycles. The van der Waals surface area contributed by atoms with Gasteiger partial charge in [-0.05, 0) is 0 Å². The molecule has 0 aromatic carbocycles. The van der Waals surface area contributed by atoms with Crippen LogP contribution in [-0.2, 0) is 27.5 Å². The quantitative estimate of drug-likeness (QED) is 0.322. The van der Waals surface area contributed by atoms with Gasteiger partial charge in [0.15, 0.2) is 0 Å². The van der Waals surface area contributed by atoms with Crippen molar-refractivity contribution in [3.8, 4) is 0 Å². The maximum absolute atomic E-state index is 8.52. The van der Waals surface area contributed by atoms with Gasteiger partial charge in [0, 0.05) is 30.2 Å². The number of hydrogen-bond acceptors (Lipinski definition) is 7. The van der Waals surface area contributed by atoms with Gasteiger partial charge in [-0.2, -0.15) is 0 Å². The number of aliphatic hydroxyl groups is 3. The second-order valence-corrected chi connectivity index (χ2v) is 2.65. The van der Waals surface area contributed by atoms with Gasteiger partial charge in [0.05, 0.1) is 0 Å². The first-order valence-corrected chi connectivity index (χ1v) is 5.51. The molecule has 0 saturated carbocycles. The third-order valence-corrected chi connectivity index (χ3v) is 0.335. The van der Waals surface area contributed by atoms with Gasteiger partial charge >= 0.3 is 17.1 Å². The number of hydrogen-bond donors (Lipinski definition) is 3. The van der Waals surface area contributed by atoms with Crippen LogP contribution in [0.2, 0.25) is 0 Å². The van der Waals surface area contributed by atoms with E-state index in [4.69, 9.17) is 50.0 Å². The summed E-state index contributed by atoms with van der Waals surface area (Å²) in [5.41, 5.74) is 18.6. The fraction of sp³-hybridized carbons (Fsp3) is 1.00. The Kier molecular flexibility index (Phi) is 52.0. The van der Waals surface area contributed by atoms with E-state index in [-0.39, 0.29) is 56.5 Å². The third-order valence-electron chi connectivity index (χ3n) is 0.335. The van der Waals surface area contributed by atoms with E-state index in [1.807, 2.05) is 0 Å². The van der Waals surface area contributed by atoms with Crippen molar-refractivity contribution in [2.24, 2.45) is 0 Å². The zero-order chi connectivity index (χ0) is 14.7. The molecule has 0 rings (SSSR count). The van der Waals surface area contributed by atoms with Crippen molar-refractivity contribution in [1.29, 1.82) is 0 Å². The maximum Gasteiger partial charge on any atom is 2.00 e. The van der Waals surface area contributed by atoms with Crippen molar-refractivity contribution >= 4 is 10.4 Å². The van der Waals surface area contributed by atoms with Crippen LogP contribution in [0.1, 0.15) is 0 Å². The van der Waals surface area contributed by atoms with Crippen LogP contribution >= 0.6 is 0 Å². The largest absolute Gasteiger partial charge is 2.00 e. The summed E-state index contributed by atoms with van der Waals surface area (Å²) in [5.74, 6) is 0. The molecule has 0 aliphatic rings. The van der Waals surface area contributed by atoms with Gasteiger partial charge in [-0.3, -0.25) is 8.42 Å². The molecule has 12 heteroatoms. The minimum Gasteiger partial charge on any atom is -0.759 e. The summed E-state index contributed by atoms with van der Waals surface area (Å²) >= 11 is 0. The summed E-state index contributed by atoms with van der Waals surface area (Å²) in [6.45, 7) is 0.333. The monoisotopic (exact) mass is 339 g/mol. The van der Waals surface area contributed by atoms with Crippen LogP contribution in [-0.4, -0.2) is 72.3 Å². The first kappa shape index (κ1) is 30.9. The molecule has 0 fully saturated rings. The maximum atomic E-state index is 8.52. The van der Waals surface area contributed by atoms with Crippen LogP contribution in [0.4, 0.5) is 0 Å². The van der Waals surface area contributed by atoms with E-state index in [1.54, 1.807) is 0 Å². The fourth-order valence-electron chi connectivity index (χ4n) is 0. The standard InChI is InChI=1S/3C2H6NO.Cu.H2O4S/c3*3-1-2-4;;1-5(2,3)4/h3*3-4H,1-2H2;;(H2,1,2,3,4)/q3*-1;+2;/p-2. The zero-order valence-corrected chi connectivity index (χ0v) is 11.2. The predicted octanol–water partition coefficient (Wildman–Crippen LogP) is -1.25. The average Bonchev–Trinajstić information content (AvgIpc) is 2.27. The zero-order valence-electron chi connectivity index (χ0n) is 9.43. The normalized spacial score (nSPS) is 8.22. The molecule has 0 unspecified atom stereocenters. The molecule has 0 aliphatic carbocycles. The van der Waals surface area contributed by atoms with Crippen LogP contribution in [0.3, 0.4) is 0 Å². The molecule has 0 atom stereocenters.